The van der Waals surface area contributed by atoms with Gasteiger partial charge in [0, 0.05) is 6.20 Å². The highest BCUT2D eigenvalue weighted by Gasteiger charge is 2.24. The molecule has 0 atom stereocenters. The van der Waals surface area contributed by atoms with Crippen molar-refractivity contribution in [1.82, 2.24) is 29.5 Å². The van der Waals surface area contributed by atoms with Gasteiger partial charge in [-0.15, -0.1) is 0 Å². The number of nitrogen functional groups attached to an aromatic ring is 1. The molecule has 0 radical (unpaired) electrons. The fourth-order valence-electron chi connectivity index (χ4n) is 4.06. The van der Waals surface area contributed by atoms with E-state index in [0.29, 0.717) is 22.4 Å². The topological polar surface area (TPSA) is 154 Å². The van der Waals surface area contributed by atoms with Crippen molar-refractivity contribution >= 4 is 78.3 Å². The van der Waals surface area contributed by atoms with E-state index in [0.717, 1.165) is 12.1 Å². The molecule has 0 aliphatic carbocycles. The van der Waals surface area contributed by atoms with Crippen molar-refractivity contribution in [3.05, 3.63) is 89.1 Å². The van der Waals surface area contributed by atoms with Crippen LogP contribution in [0.5, 0.6) is 0 Å². The molecule has 0 amide bonds. The molecule has 4 heterocycles. The quantitative estimate of drug-likeness (QED) is 0.222. The van der Waals surface area contributed by atoms with Gasteiger partial charge in [-0.1, -0.05) is 29.3 Å². The molecular weight excluding hydrogens is 599 g/mol. The molecule has 4 aromatic heterocycles. The molecule has 16 heteroatoms. The van der Waals surface area contributed by atoms with Gasteiger partial charge in [0.2, 0.25) is 0 Å². The van der Waals surface area contributed by atoms with Gasteiger partial charge < -0.3 is 11.1 Å². The number of nitrogens with one attached hydrogen (secondary N) is 2. The van der Waals surface area contributed by atoms with Crippen LogP contribution in [0.2, 0.25) is 10.0 Å². The second-order valence-electron chi connectivity index (χ2n) is 8.50. The Balaban J connectivity index is 1.40. The van der Waals surface area contributed by atoms with Crippen molar-refractivity contribution in [2.24, 2.45) is 0 Å². The van der Waals surface area contributed by atoms with E-state index >= 15 is 4.39 Å². The number of hydrogen-bond acceptors (Lipinski definition) is 9. The Labute approximate surface area is 240 Å². The number of benzene rings is 2. The minimum Gasteiger partial charge on any atom is -0.382 e. The number of imidazole rings is 1. The average Bonchev–Trinajstić information content (AvgIpc) is 3.39. The molecule has 6 aromatic rings. The lowest BCUT2D eigenvalue weighted by atomic mass is 10.2. The molecule has 11 nitrogen and oxygen atoms in total. The minimum absolute atomic E-state index is 0.0113. The number of fused-ring (bicyclic) bond motifs is 2. The predicted molar refractivity (Wildman–Crippen MR) is 151 cm³/mol. The maximum Gasteiger partial charge on any atom is 0.263 e. The van der Waals surface area contributed by atoms with E-state index in [1.54, 1.807) is 22.8 Å². The van der Waals surface area contributed by atoms with Crippen LogP contribution in [0.25, 0.3) is 27.9 Å². The van der Waals surface area contributed by atoms with E-state index < -0.39 is 33.0 Å². The maximum atomic E-state index is 15.6. The first-order valence-electron chi connectivity index (χ1n) is 11.6. The highest BCUT2D eigenvalue weighted by molar-refractivity contribution is 7.92. The number of sulfonamides is 1. The smallest absolute Gasteiger partial charge is 0.263 e. The molecule has 0 fully saturated rings. The normalized spacial score (nSPS) is 11.7. The molecule has 6 rings (SSSR count). The van der Waals surface area contributed by atoms with E-state index in [-0.39, 0.29) is 32.1 Å². The number of anilines is 4. The van der Waals surface area contributed by atoms with Gasteiger partial charge >= 0.3 is 0 Å². The summed E-state index contributed by atoms with van der Waals surface area (Å²) in [6, 6.07) is 10.8. The van der Waals surface area contributed by atoms with Crippen LogP contribution < -0.4 is 15.8 Å². The highest BCUT2D eigenvalue weighted by atomic mass is 35.5. The number of rotatable bonds is 6. The fraction of sp³-hybridized carbons (Fsp3) is 0. The van der Waals surface area contributed by atoms with Gasteiger partial charge in [0.1, 0.15) is 45.9 Å². The predicted octanol–water partition coefficient (Wildman–Crippen LogP) is 5.47. The lowest BCUT2D eigenvalue weighted by molar-refractivity contribution is 0.588. The van der Waals surface area contributed by atoms with Crippen LogP contribution in [0.3, 0.4) is 0 Å². The number of pyridine rings is 2. The molecule has 206 valence electrons. The highest BCUT2D eigenvalue weighted by Crippen LogP contribution is 2.34. The monoisotopic (exact) mass is 613 g/mol. The van der Waals surface area contributed by atoms with Crippen LogP contribution in [0, 0.1) is 11.6 Å². The van der Waals surface area contributed by atoms with Gasteiger partial charge in [0.05, 0.1) is 26.8 Å². The zero-order chi connectivity index (χ0) is 28.9. The minimum atomic E-state index is -4.39. The first-order valence-corrected chi connectivity index (χ1v) is 13.8. The summed E-state index contributed by atoms with van der Waals surface area (Å²) in [5.74, 6) is -1.66. The van der Waals surface area contributed by atoms with E-state index in [2.05, 4.69) is 35.0 Å². The SMILES string of the molecule is Nc1nccc2c1ncn2-c1ccc2ncnc(Nc3c(F)ccc(NS(=O)(=O)c4cccc(Cl)c4Cl)c3F)c2n1. The third-order valence-corrected chi connectivity index (χ3v) is 8.33. The lowest BCUT2D eigenvalue weighted by Gasteiger charge is -2.15. The van der Waals surface area contributed by atoms with Crippen molar-refractivity contribution in [3.63, 3.8) is 0 Å². The van der Waals surface area contributed by atoms with E-state index in [1.807, 2.05) is 0 Å². The summed E-state index contributed by atoms with van der Waals surface area (Å²) >= 11 is 12.0. The molecule has 0 bridgehead atoms. The Bertz CT molecular complexity index is 2110. The first-order chi connectivity index (χ1) is 19.6. The third-order valence-electron chi connectivity index (χ3n) is 5.99. The van der Waals surface area contributed by atoms with Crippen LogP contribution in [-0.4, -0.2) is 37.9 Å². The van der Waals surface area contributed by atoms with Gasteiger partial charge in [-0.3, -0.25) is 9.29 Å². The van der Waals surface area contributed by atoms with Crippen LogP contribution >= 0.6 is 23.2 Å². The fourth-order valence-corrected chi connectivity index (χ4v) is 5.88. The van der Waals surface area contributed by atoms with Crippen molar-refractivity contribution in [1.29, 1.82) is 0 Å². The first kappa shape index (κ1) is 26.6. The lowest BCUT2D eigenvalue weighted by Crippen LogP contribution is -2.15. The summed E-state index contributed by atoms with van der Waals surface area (Å²) in [7, 11) is -4.39. The van der Waals surface area contributed by atoms with Crippen LogP contribution in [-0.2, 0) is 10.0 Å². The summed E-state index contributed by atoms with van der Waals surface area (Å²) in [5, 5.41) is 2.33. The van der Waals surface area contributed by atoms with E-state index in [4.69, 9.17) is 28.9 Å². The number of hydrogen-bond donors (Lipinski definition) is 3. The standard InChI is InChI=1S/C25H15Cl2F2N9O2S/c26-12-2-1-3-17(19(12)27)41(39,40)37-14-5-4-13(28)21(20(14)29)36-25-22-15(32-10-33-25)6-7-18(35-22)38-11-34-23-16(38)8-9-31-24(23)30/h1-11,37H,(H2,30,31)(H,32,33,36). The summed E-state index contributed by atoms with van der Waals surface area (Å²) in [4.78, 5) is 20.8. The Hall–Kier alpha value is -4.66. The Morgan fingerprint density at radius 1 is 0.927 bits per heavy atom. The van der Waals surface area contributed by atoms with Crippen molar-refractivity contribution < 1.29 is 17.2 Å². The Morgan fingerprint density at radius 2 is 1.76 bits per heavy atom. The summed E-state index contributed by atoms with van der Waals surface area (Å²) < 4.78 is 60.1. The van der Waals surface area contributed by atoms with Crippen molar-refractivity contribution in [3.8, 4) is 5.82 Å². The van der Waals surface area contributed by atoms with Gasteiger partial charge in [-0.25, -0.2) is 42.1 Å². The van der Waals surface area contributed by atoms with Gasteiger partial charge in [-0.2, -0.15) is 0 Å². The van der Waals surface area contributed by atoms with Crippen LogP contribution in [0.15, 0.2) is 72.3 Å². The molecule has 0 unspecified atom stereocenters. The Kier molecular flexibility index (Phi) is 6.52. The molecule has 0 aliphatic rings. The molecule has 0 saturated heterocycles. The van der Waals surface area contributed by atoms with Crippen molar-refractivity contribution in [2.45, 2.75) is 4.90 Å². The number of halogens is 4. The third kappa shape index (κ3) is 4.71. The maximum absolute atomic E-state index is 15.6. The summed E-state index contributed by atoms with van der Waals surface area (Å²) in [6.07, 6.45) is 4.23. The molecule has 2 aromatic carbocycles. The molecule has 0 aliphatic heterocycles. The average molecular weight is 614 g/mol. The Morgan fingerprint density at radius 3 is 2.59 bits per heavy atom. The molecule has 0 spiro atoms. The molecular formula is C25H15Cl2F2N9O2S. The van der Waals surface area contributed by atoms with Crippen LogP contribution in [0.1, 0.15) is 0 Å². The summed E-state index contributed by atoms with van der Waals surface area (Å²) in [6.45, 7) is 0. The van der Waals surface area contributed by atoms with E-state index in [1.165, 1.54) is 37.1 Å². The molecule has 0 saturated carbocycles. The van der Waals surface area contributed by atoms with Crippen LogP contribution in [0.4, 0.5) is 31.8 Å². The number of nitrogens with zero attached hydrogens (tertiary/aromatic N) is 6. The van der Waals surface area contributed by atoms with E-state index in [9.17, 15) is 12.8 Å². The summed E-state index contributed by atoms with van der Waals surface area (Å²) in [5.41, 5.74) is 6.32. The van der Waals surface area contributed by atoms with Gasteiger partial charge in [-0.05, 0) is 42.5 Å². The van der Waals surface area contributed by atoms with Gasteiger partial charge in [0.25, 0.3) is 10.0 Å². The van der Waals surface area contributed by atoms with Crippen molar-refractivity contribution in [2.75, 3.05) is 15.8 Å². The number of aromatic nitrogens is 6. The number of nitrogens with two attached hydrogens (primary N) is 1. The largest absolute Gasteiger partial charge is 0.382 e. The zero-order valence-electron chi connectivity index (χ0n) is 20.3. The second kappa shape index (κ2) is 10.1. The zero-order valence-corrected chi connectivity index (χ0v) is 22.7. The molecule has 41 heavy (non-hydrogen) atoms. The second-order valence-corrected chi connectivity index (χ2v) is 10.9. The van der Waals surface area contributed by atoms with Gasteiger partial charge in [0.15, 0.2) is 17.5 Å². The molecule has 4 N–H and O–H groups in total.